The number of nitro groups is 2. The highest BCUT2D eigenvalue weighted by Crippen LogP contribution is 2.17. The minimum atomic E-state index is -0.792. The van der Waals surface area contributed by atoms with Crippen LogP contribution in [0.15, 0.2) is 106 Å². The SMILES string of the molecule is O=C(NCCNC(=O)/C(=C/c1cccc([N+](=O)[O-])c1)NC(=O)c1ccco1)/C(=C/c1cccc([N+](=O)[O-])c1)NC(=O)c1ccco1. The molecule has 2 aromatic heterocycles. The quantitative estimate of drug-likeness (QED) is 0.0731. The van der Waals surface area contributed by atoms with Gasteiger partial charge in [-0.2, -0.15) is 0 Å². The number of nitrogens with one attached hydrogen (secondary N) is 4. The Morgan fingerprint density at radius 3 is 1.39 bits per heavy atom. The van der Waals surface area contributed by atoms with Crippen molar-refractivity contribution in [2.75, 3.05) is 13.1 Å². The van der Waals surface area contributed by atoms with Crippen LogP contribution in [0.1, 0.15) is 32.2 Å². The minimum Gasteiger partial charge on any atom is -0.459 e. The molecule has 0 fully saturated rings. The number of carbonyl (C=O) groups is 4. The van der Waals surface area contributed by atoms with Gasteiger partial charge < -0.3 is 30.1 Å². The van der Waals surface area contributed by atoms with Crippen LogP contribution in [0.2, 0.25) is 0 Å². The molecule has 4 rings (SSSR count). The number of nitro benzene ring substituents is 2. The smallest absolute Gasteiger partial charge is 0.291 e. The average molecular weight is 629 g/mol. The van der Waals surface area contributed by atoms with Gasteiger partial charge in [0.25, 0.3) is 35.0 Å². The summed E-state index contributed by atoms with van der Waals surface area (Å²) in [7, 11) is 0. The number of carbonyl (C=O) groups excluding carboxylic acids is 4. The van der Waals surface area contributed by atoms with Crippen LogP contribution in [0.3, 0.4) is 0 Å². The number of furan rings is 2. The van der Waals surface area contributed by atoms with Crippen molar-refractivity contribution in [1.29, 1.82) is 0 Å². The molecule has 0 atom stereocenters. The molecule has 0 bridgehead atoms. The van der Waals surface area contributed by atoms with E-state index >= 15 is 0 Å². The molecule has 16 heteroatoms. The summed E-state index contributed by atoms with van der Waals surface area (Å²) in [4.78, 5) is 72.4. The first-order chi connectivity index (χ1) is 22.1. The molecule has 4 amide bonds. The van der Waals surface area contributed by atoms with Gasteiger partial charge >= 0.3 is 0 Å². The number of hydrogen-bond donors (Lipinski definition) is 4. The molecule has 0 unspecified atom stereocenters. The van der Waals surface area contributed by atoms with Crippen molar-refractivity contribution in [3.8, 4) is 0 Å². The average Bonchev–Trinajstić information content (AvgIpc) is 3.78. The number of amides is 4. The maximum atomic E-state index is 13.0. The lowest BCUT2D eigenvalue weighted by Gasteiger charge is -2.12. The van der Waals surface area contributed by atoms with Crippen LogP contribution < -0.4 is 21.3 Å². The highest BCUT2D eigenvalue weighted by Gasteiger charge is 2.19. The molecule has 0 saturated carbocycles. The molecule has 2 aromatic carbocycles. The van der Waals surface area contributed by atoms with Crippen LogP contribution in [0.5, 0.6) is 0 Å². The van der Waals surface area contributed by atoms with E-state index in [1.54, 1.807) is 0 Å². The van der Waals surface area contributed by atoms with Crippen LogP contribution in [-0.2, 0) is 9.59 Å². The van der Waals surface area contributed by atoms with Gasteiger partial charge in [-0.05, 0) is 47.5 Å². The largest absolute Gasteiger partial charge is 0.459 e. The van der Waals surface area contributed by atoms with Crippen LogP contribution in [0.25, 0.3) is 12.2 Å². The molecule has 4 N–H and O–H groups in total. The van der Waals surface area contributed by atoms with Gasteiger partial charge in [0.05, 0.1) is 22.4 Å². The molecule has 0 spiro atoms. The summed E-state index contributed by atoms with van der Waals surface area (Å²) in [5.41, 5.74) is -0.523. The fraction of sp³-hybridized carbons (Fsp3) is 0.0667. The first kappa shape index (κ1) is 32.1. The van der Waals surface area contributed by atoms with Crippen molar-refractivity contribution in [3.05, 3.63) is 140 Å². The third kappa shape index (κ3) is 8.83. The molecule has 0 aliphatic heterocycles. The van der Waals surface area contributed by atoms with Crippen LogP contribution >= 0.6 is 0 Å². The van der Waals surface area contributed by atoms with Gasteiger partial charge in [-0.1, -0.05) is 24.3 Å². The van der Waals surface area contributed by atoms with Crippen LogP contribution in [-0.4, -0.2) is 46.6 Å². The molecular weight excluding hydrogens is 604 g/mol. The lowest BCUT2D eigenvalue weighted by Crippen LogP contribution is -2.41. The zero-order chi connectivity index (χ0) is 33.1. The van der Waals surface area contributed by atoms with Crippen molar-refractivity contribution in [1.82, 2.24) is 21.3 Å². The predicted octanol–water partition coefficient (Wildman–Crippen LogP) is 3.16. The Balaban J connectivity index is 1.46. The normalized spacial score (nSPS) is 11.3. The van der Waals surface area contributed by atoms with Crippen molar-refractivity contribution in [2.24, 2.45) is 0 Å². The van der Waals surface area contributed by atoms with E-state index in [1.807, 2.05) is 0 Å². The standard InChI is InChI=1S/C30H24N6O10/c37-27(23(33-29(39)25-9-3-13-45-25)17-19-5-1-7-21(15-19)35(41)42)31-11-12-32-28(38)24(34-30(40)26-10-4-14-46-26)18-20-6-2-8-22(16-20)36(43)44/h1-10,13-18H,11-12H2,(H,31,37)(H,32,38)(H,33,39)(H,34,40)/b23-17-,24-18-. The lowest BCUT2D eigenvalue weighted by atomic mass is 10.1. The van der Waals surface area contributed by atoms with Gasteiger partial charge in [-0.25, -0.2) is 0 Å². The summed E-state index contributed by atoms with van der Waals surface area (Å²) in [6.07, 6.45) is 4.98. The predicted molar refractivity (Wildman–Crippen MR) is 161 cm³/mol. The highest BCUT2D eigenvalue weighted by molar-refractivity contribution is 6.05. The molecule has 0 aliphatic rings. The van der Waals surface area contributed by atoms with Crippen molar-refractivity contribution in [3.63, 3.8) is 0 Å². The van der Waals surface area contributed by atoms with E-state index in [1.165, 1.54) is 97.5 Å². The number of nitrogens with zero attached hydrogens (tertiary/aromatic N) is 2. The van der Waals surface area contributed by atoms with Crippen molar-refractivity contribution < 1.29 is 37.9 Å². The summed E-state index contributed by atoms with van der Waals surface area (Å²) in [6, 6.07) is 16.4. The highest BCUT2D eigenvalue weighted by atomic mass is 16.6. The van der Waals surface area contributed by atoms with Crippen molar-refractivity contribution in [2.45, 2.75) is 0 Å². The Morgan fingerprint density at radius 1 is 0.630 bits per heavy atom. The Bertz CT molecular complexity index is 1690. The maximum Gasteiger partial charge on any atom is 0.291 e. The molecule has 2 heterocycles. The zero-order valence-corrected chi connectivity index (χ0v) is 23.6. The van der Waals surface area contributed by atoms with E-state index in [0.717, 1.165) is 0 Å². The maximum absolute atomic E-state index is 13.0. The zero-order valence-electron chi connectivity index (χ0n) is 23.6. The second kappa shape index (κ2) is 15.1. The number of non-ortho nitro benzene ring substituents is 2. The summed E-state index contributed by atoms with van der Waals surface area (Å²) < 4.78 is 10.1. The van der Waals surface area contributed by atoms with Gasteiger partial charge in [-0.15, -0.1) is 0 Å². The van der Waals surface area contributed by atoms with E-state index in [0.29, 0.717) is 0 Å². The van der Waals surface area contributed by atoms with E-state index < -0.39 is 33.5 Å². The topological polar surface area (TPSA) is 229 Å². The van der Waals surface area contributed by atoms with Crippen LogP contribution in [0.4, 0.5) is 11.4 Å². The summed E-state index contributed by atoms with van der Waals surface area (Å²) in [6.45, 7) is -0.326. The Labute approximate surface area is 259 Å². The fourth-order valence-corrected chi connectivity index (χ4v) is 3.83. The summed E-state index contributed by atoms with van der Waals surface area (Å²) in [5.74, 6) is -3.28. The minimum absolute atomic E-state index is 0.0929. The van der Waals surface area contributed by atoms with E-state index in [2.05, 4.69) is 21.3 Å². The first-order valence-electron chi connectivity index (χ1n) is 13.3. The Hall–Kier alpha value is -6.84. The van der Waals surface area contributed by atoms with Gasteiger partial charge in [0.1, 0.15) is 11.4 Å². The lowest BCUT2D eigenvalue weighted by molar-refractivity contribution is -0.385. The fourth-order valence-electron chi connectivity index (χ4n) is 3.83. The molecule has 4 aromatic rings. The van der Waals surface area contributed by atoms with E-state index in [4.69, 9.17) is 8.83 Å². The first-order valence-corrected chi connectivity index (χ1v) is 13.3. The van der Waals surface area contributed by atoms with Gasteiger partial charge in [0.15, 0.2) is 11.5 Å². The number of rotatable bonds is 13. The number of benzene rings is 2. The Kier molecular flexibility index (Phi) is 10.5. The summed E-state index contributed by atoms with van der Waals surface area (Å²) >= 11 is 0. The van der Waals surface area contributed by atoms with Gasteiger partial charge in [0, 0.05) is 37.4 Å². The molecular formula is C30H24N6O10. The Morgan fingerprint density at radius 2 is 1.04 bits per heavy atom. The molecule has 234 valence electrons. The third-order valence-corrected chi connectivity index (χ3v) is 5.96. The monoisotopic (exact) mass is 628 g/mol. The molecule has 16 nitrogen and oxygen atoms in total. The van der Waals surface area contributed by atoms with E-state index in [9.17, 15) is 39.4 Å². The van der Waals surface area contributed by atoms with Gasteiger partial charge in [-0.3, -0.25) is 39.4 Å². The van der Waals surface area contributed by atoms with Crippen molar-refractivity contribution >= 4 is 47.2 Å². The number of hydrogen-bond acceptors (Lipinski definition) is 10. The van der Waals surface area contributed by atoms with Crippen LogP contribution in [0, 0.1) is 20.2 Å². The molecule has 0 saturated heterocycles. The molecule has 0 radical (unpaired) electrons. The second-order valence-electron chi connectivity index (χ2n) is 9.19. The molecule has 46 heavy (non-hydrogen) atoms. The summed E-state index contributed by atoms with van der Waals surface area (Å²) in [5, 5.41) is 32.2. The van der Waals surface area contributed by atoms with Gasteiger partial charge in [0.2, 0.25) is 0 Å². The third-order valence-electron chi connectivity index (χ3n) is 5.96. The molecule has 0 aliphatic carbocycles. The second-order valence-corrected chi connectivity index (χ2v) is 9.19. The van der Waals surface area contributed by atoms with E-state index in [-0.39, 0.29) is 58.5 Å².